The predicted octanol–water partition coefficient (Wildman–Crippen LogP) is 3.29. The lowest BCUT2D eigenvalue weighted by Gasteiger charge is -2.10. The van der Waals surface area contributed by atoms with E-state index >= 15 is 0 Å². The van der Waals surface area contributed by atoms with Gasteiger partial charge in [0.15, 0.2) is 5.76 Å². The summed E-state index contributed by atoms with van der Waals surface area (Å²) in [6, 6.07) is 3.71. The van der Waals surface area contributed by atoms with Crippen molar-refractivity contribution in [3.05, 3.63) is 53.4 Å². The molecule has 1 aliphatic rings. The van der Waals surface area contributed by atoms with Crippen LogP contribution < -0.4 is 4.72 Å². The van der Waals surface area contributed by atoms with E-state index in [-0.39, 0.29) is 16.5 Å². The van der Waals surface area contributed by atoms with Crippen LogP contribution in [0.3, 0.4) is 0 Å². The lowest BCUT2D eigenvalue weighted by molar-refractivity contribution is 0.381. The van der Waals surface area contributed by atoms with Gasteiger partial charge in [-0.1, -0.05) is 5.16 Å². The summed E-state index contributed by atoms with van der Waals surface area (Å²) >= 11 is 0. The molecule has 2 heterocycles. The predicted molar refractivity (Wildman–Crippen MR) is 92.3 cm³/mol. The third-order valence-electron chi connectivity index (χ3n) is 4.26. The minimum Gasteiger partial charge on any atom is -0.359 e. The van der Waals surface area contributed by atoms with E-state index in [9.17, 15) is 12.8 Å². The summed E-state index contributed by atoms with van der Waals surface area (Å²) in [5, 5.41) is 7.88. The van der Waals surface area contributed by atoms with E-state index in [4.69, 9.17) is 4.52 Å². The highest BCUT2D eigenvalue weighted by Crippen LogP contribution is 2.44. The van der Waals surface area contributed by atoms with Gasteiger partial charge in [-0.2, -0.15) is 5.10 Å². The van der Waals surface area contributed by atoms with Gasteiger partial charge in [-0.25, -0.2) is 17.5 Å². The highest BCUT2D eigenvalue weighted by Gasteiger charge is 2.33. The normalized spacial score (nSPS) is 14.6. The number of anilines is 1. The molecule has 1 saturated carbocycles. The second kappa shape index (κ2) is 5.94. The lowest BCUT2D eigenvalue weighted by Crippen LogP contribution is -2.15. The van der Waals surface area contributed by atoms with Gasteiger partial charge in [-0.15, -0.1) is 0 Å². The molecule has 0 amide bonds. The van der Waals surface area contributed by atoms with Gasteiger partial charge in [-0.05, 0) is 50.5 Å². The fraction of sp³-hybridized carbons (Fsp3) is 0.294. The molecule has 1 aromatic carbocycles. The van der Waals surface area contributed by atoms with Gasteiger partial charge in [-0.3, -0.25) is 4.72 Å². The number of nitrogens with one attached hydrogen (secondary N) is 1. The molecule has 0 saturated heterocycles. The molecule has 0 radical (unpaired) electrons. The van der Waals surface area contributed by atoms with Gasteiger partial charge in [0.05, 0.1) is 11.1 Å². The SMILES string of the molecule is Cc1cnn(-c2ccc(S(=O)(=O)Nc3c(C)noc3C3CC3)cc2F)c1. The zero-order chi connectivity index (χ0) is 18.5. The summed E-state index contributed by atoms with van der Waals surface area (Å²) in [5.41, 5.74) is 1.86. The third kappa shape index (κ3) is 2.98. The van der Waals surface area contributed by atoms with Crippen molar-refractivity contribution < 1.29 is 17.3 Å². The van der Waals surface area contributed by atoms with Crippen LogP contribution >= 0.6 is 0 Å². The van der Waals surface area contributed by atoms with E-state index in [0.29, 0.717) is 17.1 Å². The minimum absolute atomic E-state index is 0.176. The summed E-state index contributed by atoms with van der Waals surface area (Å²) in [5.74, 6) is 0.0479. The van der Waals surface area contributed by atoms with Crippen molar-refractivity contribution in [3.8, 4) is 5.69 Å². The van der Waals surface area contributed by atoms with Gasteiger partial charge < -0.3 is 4.52 Å². The van der Waals surface area contributed by atoms with Crippen molar-refractivity contribution in [1.82, 2.24) is 14.9 Å². The molecule has 3 aromatic rings. The van der Waals surface area contributed by atoms with Gasteiger partial charge in [0.25, 0.3) is 10.0 Å². The highest BCUT2D eigenvalue weighted by molar-refractivity contribution is 7.92. The summed E-state index contributed by atoms with van der Waals surface area (Å²) in [6.07, 6.45) is 5.14. The first-order valence-electron chi connectivity index (χ1n) is 8.15. The Morgan fingerprint density at radius 3 is 2.69 bits per heavy atom. The zero-order valence-corrected chi connectivity index (χ0v) is 15.0. The number of halogens is 1. The number of aryl methyl sites for hydroxylation is 2. The highest BCUT2D eigenvalue weighted by atomic mass is 32.2. The molecule has 0 spiro atoms. The molecule has 4 rings (SSSR count). The Kier molecular flexibility index (Phi) is 3.83. The van der Waals surface area contributed by atoms with Crippen molar-refractivity contribution in [2.24, 2.45) is 0 Å². The van der Waals surface area contributed by atoms with Crippen LogP contribution in [0.5, 0.6) is 0 Å². The van der Waals surface area contributed by atoms with E-state index < -0.39 is 15.8 Å². The number of aromatic nitrogens is 3. The number of sulfonamides is 1. The summed E-state index contributed by atoms with van der Waals surface area (Å²) < 4.78 is 48.9. The Morgan fingerprint density at radius 2 is 2.08 bits per heavy atom. The van der Waals surface area contributed by atoms with E-state index in [1.807, 2.05) is 6.92 Å². The van der Waals surface area contributed by atoms with Gasteiger partial charge in [0.2, 0.25) is 0 Å². The Hall–Kier alpha value is -2.68. The first-order valence-corrected chi connectivity index (χ1v) is 9.63. The molecule has 1 fully saturated rings. The molecule has 7 nitrogen and oxygen atoms in total. The van der Waals surface area contributed by atoms with Crippen LogP contribution in [0.2, 0.25) is 0 Å². The Balaban J connectivity index is 1.66. The van der Waals surface area contributed by atoms with E-state index in [1.54, 1.807) is 19.3 Å². The quantitative estimate of drug-likeness (QED) is 0.738. The molecule has 9 heteroatoms. The van der Waals surface area contributed by atoms with Crippen molar-refractivity contribution >= 4 is 15.7 Å². The first kappa shape index (κ1) is 16.8. The fourth-order valence-electron chi connectivity index (χ4n) is 2.71. The van der Waals surface area contributed by atoms with Crippen LogP contribution in [0.25, 0.3) is 5.69 Å². The molecule has 0 aliphatic heterocycles. The van der Waals surface area contributed by atoms with Gasteiger partial charge >= 0.3 is 0 Å². The molecule has 1 N–H and O–H groups in total. The second-order valence-electron chi connectivity index (χ2n) is 6.46. The maximum atomic E-state index is 14.5. The number of nitrogens with zero attached hydrogens (tertiary/aromatic N) is 3. The van der Waals surface area contributed by atoms with Crippen molar-refractivity contribution in [2.75, 3.05) is 4.72 Å². The Morgan fingerprint density at radius 1 is 1.31 bits per heavy atom. The summed E-state index contributed by atoms with van der Waals surface area (Å²) in [6.45, 7) is 3.50. The molecule has 136 valence electrons. The molecule has 0 unspecified atom stereocenters. The van der Waals surface area contributed by atoms with Gasteiger partial charge in [0, 0.05) is 12.1 Å². The number of hydrogen-bond donors (Lipinski definition) is 1. The number of benzene rings is 1. The van der Waals surface area contributed by atoms with E-state index in [0.717, 1.165) is 24.5 Å². The van der Waals surface area contributed by atoms with Gasteiger partial charge in [0.1, 0.15) is 22.9 Å². The molecule has 0 bridgehead atoms. The monoisotopic (exact) mass is 376 g/mol. The first-order chi connectivity index (χ1) is 12.3. The molecular formula is C17H17FN4O3S. The topological polar surface area (TPSA) is 90.0 Å². The average Bonchev–Trinajstić information content (AvgIpc) is 3.25. The molecular weight excluding hydrogens is 359 g/mol. The molecule has 2 aromatic heterocycles. The van der Waals surface area contributed by atoms with E-state index in [1.165, 1.54) is 16.8 Å². The maximum absolute atomic E-state index is 14.5. The molecule has 0 atom stereocenters. The smallest absolute Gasteiger partial charge is 0.262 e. The maximum Gasteiger partial charge on any atom is 0.262 e. The van der Waals surface area contributed by atoms with Crippen molar-refractivity contribution in [3.63, 3.8) is 0 Å². The minimum atomic E-state index is -3.97. The van der Waals surface area contributed by atoms with Crippen LogP contribution in [-0.2, 0) is 10.0 Å². The number of rotatable bonds is 5. The van der Waals surface area contributed by atoms with Crippen LogP contribution in [0.15, 0.2) is 40.0 Å². The largest absolute Gasteiger partial charge is 0.359 e. The van der Waals surface area contributed by atoms with Crippen molar-refractivity contribution in [2.45, 2.75) is 37.5 Å². The summed E-state index contributed by atoms with van der Waals surface area (Å²) in [4.78, 5) is -0.176. The lowest BCUT2D eigenvalue weighted by atomic mass is 10.2. The molecule has 26 heavy (non-hydrogen) atoms. The standard InChI is InChI=1S/C17H17FN4O3S/c1-10-8-19-22(9-10)15-6-5-13(7-14(15)18)26(23,24)21-16-11(2)20-25-17(16)12-3-4-12/h5-9,12,21H,3-4H2,1-2H3. The van der Waals surface area contributed by atoms with Crippen LogP contribution in [0, 0.1) is 19.7 Å². The van der Waals surface area contributed by atoms with E-state index in [2.05, 4.69) is 15.0 Å². The Bertz CT molecular complexity index is 1080. The number of hydrogen-bond acceptors (Lipinski definition) is 5. The average molecular weight is 376 g/mol. The second-order valence-corrected chi connectivity index (χ2v) is 8.14. The van der Waals surface area contributed by atoms with Crippen molar-refractivity contribution in [1.29, 1.82) is 0 Å². The van der Waals surface area contributed by atoms with Crippen LogP contribution in [0.4, 0.5) is 10.1 Å². The Labute approximate surface area is 149 Å². The third-order valence-corrected chi connectivity index (χ3v) is 5.61. The molecule has 1 aliphatic carbocycles. The summed E-state index contributed by atoms with van der Waals surface area (Å²) in [7, 11) is -3.97. The zero-order valence-electron chi connectivity index (χ0n) is 14.2. The fourth-order valence-corrected chi connectivity index (χ4v) is 3.85. The van der Waals surface area contributed by atoms with Crippen LogP contribution in [0.1, 0.15) is 35.8 Å². The van der Waals surface area contributed by atoms with Crippen LogP contribution in [-0.4, -0.2) is 23.4 Å².